The van der Waals surface area contributed by atoms with Crippen molar-refractivity contribution in [3.8, 4) is 22.6 Å². The van der Waals surface area contributed by atoms with Gasteiger partial charge in [0.1, 0.15) is 39.8 Å². The average molecular weight is 690 g/mol. The number of aromatic nitrogens is 3. The van der Waals surface area contributed by atoms with Crippen molar-refractivity contribution in [3.05, 3.63) is 112 Å². The molecule has 3 aromatic carbocycles. The second-order valence-corrected chi connectivity index (χ2v) is 12.5. The molecule has 6 aromatic rings. The summed E-state index contributed by atoms with van der Waals surface area (Å²) in [5, 5.41) is 3.08. The SMILES string of the molecule is CNC(=O)c1c(-c2ccc(F)cc2)oc2cc(N(C)S(C)=O)c(-c3ccc4nc(C)n([C@H](COC)c5ccc(F)cc5)c(=O)c4n3)cc12.O. The Balaban J connectivity index is 0.00000468. The highest BCUT2D eigenvalue weighted by molar-refractivity contribution is 7.85. The third kappa shape index (κ3) is 6.45. The summed E-state index contributed by atoms with van der Waals surface area (Å²) < 4.78 is 54.9. The maximum absolute atomic E-state index is 14.2. The number of pyridine rings is 1. The Labute approximate surface area is 282 Å². The Kier molecular flexibility index (Phi) is 10.0. The zero-order valence-corrected chi connectivity index (χ0v) is 28.0. The molecule has 3 N–H and O–H groups in total. The standard InChI is InChI=1S/C35H31F2N5O5S.H2O/c1-19-39-27-15-14-26(40-32(27)35(44)42(19)29(18-46-4)20-6-10-22(36)11-7-20)24-16-25-30(17-28(24)41(3)48(5)45)47-33(31(25)34(43)38-2)21-8-12-23(37)13-9-21;/h6-17,29H,18H2,1-5H3,(H,38,43);1H2/t29-,48?;/m1./s1. The molecular weight excluding hydrogens is 656 g/mol. The quantitative estimate of drug-likeness (QED) is 0.225. The lowest BCUT2D eigenvalue weighted by molar-refractivity contribution is 0.0964. The first-order chi connectivity index (χ1) is 23.0. The predicted molar refractivity (Wildman–Crippen MR) is 185 cm³/mol. The molecule has 1 unspecified atom stereocenters. The summed E-state index contributed by atoms with van der Waals surface area (Å²) in [6.07, 6.45) is 1.51. The van der Waals surface area contributed by atoms with Crippen LogP contribution < -0.4 is 15.2 Å². The number of rotatable bonds is 9. The summed E-state index contributed by atoms with van der Waals surface area (Å²) in [6.45, 7) is 1.82. The molecule has 0 fully saturated rings. The van der Waals surface area contributed by atoms with Gasteiger partial charge in [-0.3, -0.25) is 18.5 Å². The van der Waals surface area contributed by atoms with Crippen LogP contribution in [0.2, 0.25) is 0 Å². The summed E-state index contributed by atoms with van der Waals surface area (Å²) in [5.41, 5.74) is 2.95. The van der Waals surface area contributed by atoms with Crippen molar-refractivity contribution in [2.45, 2.75) is 13.0 Å². The molecular formula is C35H33F2N5O6S. The number of methoxy groups -OCH3 is 1. The molecule has 14 heteroatoms. The maximum Gasteiger partial charge on any atom is 0.280 e. The minimum Gasteiger partial charge on any atom is -0.455 e. The molecule has 254 valence electrons. The molecule has 0 aliphatic rings. The smallest absolute Gasteiger partial charge is 0.280 e. The number of nitrogens with zero attached hydrogens (tertiary/aromatic N) is 4. The van der Waals surface area contributed by atoms with Gasteiger partial charge >= 0.3 is 0 Å². The van der Waals surface area contributed by atoms with E-state index in [2.05, 4.69) is 10.3 Å². The highest BCUT2D eigenvalue weighted by Gasteiger charge is 2.26. The first-order valence-corrected chi connectivity index (χ1v) is 16.3. The van der Waals surface area contributed by atoms with Crippen molar-refractivity contribution in [1.82, 2.24) is 19.9 Å². The number of hydrogen-bond acceptors (Lipinski definition) is 7. The van der Waals surface area contributed by atoms with Crippen LogP contribution >= 0.6 is 0 Å². The van der Waals surface area contributed by atoms with Crippen LogP contribution in [0.15, 0.2) is 82.0 Å². The summed E-state index contributed by atoms with van der Waals surface area (Å²) >= 11 is 0. The van der Waals surface area contributed by atoms with Crippen LogP contribution in [-0.4, -0.2) is 64.2 Å². The molecule has 3 aromatic heterocycles. The second-order valence-electron chi connectivity index (χ2n) is 11.1. The van der Waals surface area contributed by atoms with Crippen LogP contribution in [0, 0.1) is 18.6 Å². The fourth-order valence-electron chi connectivity index (χ4n) is 5.76. The zero-order chi connectivity index (χ0) is 34.3. The van der Waals surface area contributed by atoms with Crippen molar-refractivity contribution in [3.63, 3.8) is 0 Å². The van der Waals surface area contributed by atoms with Gasteiger partial charge in [0.2, 0.25) is 0 Å². The predicted octanol–water partition coefficient (Wildman–Crippen LogP) is 4.96. The van der Waals surface area contributed by atoms with Crippen LogP contribution in [0.3, 0.4) is 0 Å². The fourth-order valence-corrected chi connectivity index (χ4v) is 6.19. The lowest BCUT2D eigenvalue weighted by Crippen LogP contribution is -2.31. The number of fused-ring (bicyclic) bond motifs is 2. The van der Waals surface area contributed by atoms with Crippen molar-refractivity contribution in [1.29, 1.82) is 0 Å². The number of ether oxygens (including phenoxy) is 1. The van der Waals surface area contributed by atoms with Gasteiger partial charge in [-0.25, -0.2) is 23.0 Å². The molecule has 0 saturated heterocycles. The van der Waals surface area contributed by atoms with E-state index >= 15 is 0 Å². The number of halogens is 2. The van der Waals surface area contributed by atoms with E-state index in [1.807, 2.05) is 0 Å². The van der Waals surface area contributed by atoms with E-state index in [1.54, 1.807) is 50.4 Å². The topological polar surface area (TPSA) is 151 Å². The largest absolute Gasteiger partial charge is 0.455 e. The minimum atomic E-state index is -1.48. The molecule has 1 amide bonds. The number of furan rings is 1. The van der Waals surface area contributed by atoms with E-state index in [1.165, 1.54) is 65.7 Å². The fraction of sp³-hybridized carbons (Fsp3) is 0.200. The number of aryl methyl sites for hydroxylation is 1. The lowest BCUT2D eigenvalue weighted by Gasteiger charge is -2.22. The molecule has 0 aliphatic heterocycles. The number of amides is 1. The van der Waals surface area contributed by atoms with Crippen molar-refractivity contribution in [2.75, 3.05) is 38.4 Å². The van der Waals surface area contributed by atoms with Crippen molar-refractivity contribution < 1.29 is 32.4 Å². The van der Waals surface area contributed by atoms with Crippen molar-refractivity contribution >= 4 is 44.6 Å². The zero-order valence-electron chi connectivity index (χ0n) is 27.2. The molecule has 0 aliphatic carbocycles. The molecule has 0 radical (unpaired) electrons. The van der Waals surface area contributed by atoms with Gasteiger partial charge in [0.05, 0.1) is 35.1 Å². The Hall–Kier alpha value is -5.31. The molecule has 11 nitrogen and oxygen atoms in total. The number of carbonyl (C=O) groups is 1. The summed E-state index contributed by atoms with van der Waals surface area (Å²) in [7, 11) is 3.16. The van der Waals surface area contributed by atoms with Gasteiger partial charge in [0, 0.05) is 50.0 Å². The number of anilines is 1. The van der Waals surface area contributed by atoms with Crippen LogP contribution in [0.4, 0.5) is 14.5 Å². The van der Waals surface area contributed by atoms with Crippen molar-refractivity contribution in [2.24, 2.45) is 0 Å². The summed E-state index contributed by atoms with van der Waals surface area (Å²) in [6, 6.07) is 17.5. The van der Waals surface area contributed by atoms with Gasteiger partial charge in [-0.15, -0.1) is 0 Å². The Bertz CT molecular complexity index is 2270. The molecule has 49 heavy (non-hydrogen) atoms. The number of hydrogen-bond donors (Lipinski definition) is 1. The maximum atomic E-state index is 14.2. The number of carbonyl (C=O) groups excluding carboxylic acids is 1. The molecule has 0 bridgehead atoms. The third-order valence-electron chi connectivity index (χ3n) is 8.18. The summed E-state index contributed by atoms with van der Waals surface area (Å²) in [5.74, 6) is -0.636. The van der Waals surface area contributed by atoms with Crippen LogP contribution in [0.1, 0.15) is 27.8 Å². The van der Waals surface area contributed by atoms with E-state index in [4.69, 9.17) is 14.1 Å². The Morgan fingerprint density at radius 3 is 2.31 bits per heavy atom. The van der Waals surface area contributed by atoms with Gasteiger partial charge < -0.3 is 19.9 Å². The molecule has 2 atom stereocenters. The number of nitrogens with one attached hydrogen (secondary N) is 1. The highest BCUT2D eigenvalue weighted by Crippen LogP contribution is 2.41. The third-order valence-corrected chi connectivity index (χ3v) is 9.15. The van der Waals surface area contributed by atoms with Gasteiger partial charge in [0.15, 0.2) is 5.52 Å². The minimum absolute atomic E-state index is 0. The van der Waals surface area contributed by atoms with E-state index in [0.717, 1.165) is 0 Å². The van der Waals surface area contributed by atoms with Crippen LogP contribution in [0.25, 0.3) is 44.6 Å². The normalized spacial score (nSPS) is 12.5. The van der Waals surface area contributed by atoms with Gasteiger partial charge in [-0.1, -0.05) is 12.1 Å². The second kappa shape index (κ2) is 14.0. The monoisotopic (exact) mass is 689 g/mol. The van der Waals surface area contributed by atoms with Crippen LogP contribution in [-0.2, 0) is 15.7 Å². The molecule has 0 spiro atoms. The van der Waals surface area contributed by atoms with Gasteiger partial charge in [-0.2, -0.15) is 0 Å². The number of benzene rings is 3. The lowest BCUT2D eigenvalue weighted by atomic mass is 10.0. The average Bonchev–Trinajstić information content (AvgIpc) is 3.45. The Morgan fingerprint density at radius 2 is 1.69 bits per heavy atom. The summed E-state index contributed by atoms with van der Waals surface area (Å²) in [4.78, 5) is 36.9. The molecule has 0 saturated carbocycles. The first-order valence-electron chi connectivity index (χ1n) is 14.8. The van der Waals surface area contributed by atoms with E-state index < -0.39 is 40.1 Å². The van der Waals surface area contributed by atoms with E-state index in [-0.39, 0.29) is 28.9 Å². The highest BCUT2D eigenvalue weighted by atomic mass is 32.2. The van der Waals surface area contributed by atoms with Gasteiger partial charge in [-0.05, 0) is 67.1 Å². The van der Waals surface area contributed by atoms with E-state index in [9.17, 15) is 22.6 Å². The van der Waals surface area contributed by atoms with E-state index in [0.29, 0.717) is 50.4 Å². The van der Waals surface area contributed by atoms with Crippen LogP contribution in [0.5, 0.6) is 0 Å². The first kappa shape index (κ1) is 35.0. The molecule has 3 heterocycles. The van der Waals surface area contributed by atoms with Gasteiger partial charge in [0.25, 0.3) is 11.5 Å². The molecule has 6 rings (SSSR count). The Morgan fingerprint density at radius 1 is 1.04 bits per heavy atom.